The Hall–Kier alpha value is -2.74. The molecule has 0 saturated heterocycles. The van der Waals surface area contributed by atoms with Crippen LogP contribution in [0.1, 0.15) is 11.1 Å². The molecule has 0 fully saturated rings. The van der Waals surface area contributed by atoms with Crippen molar-refractivity contribution >= 4 is 17.3 Å². The Morgan fingerprint density at radius 3 is 2.44 bits per heavy atom. The molecule has 90 valence electrons. The lowest BCUT2D eigenvalue weighted by Gasteiger charge is -2.07. The maximum atomic E-state index is 8.69. The van der Waals surface area contributed by atoms with Gasteiger partial charge in [-0.2, -0.15) is 5.26 Å². The molecular weight excluding hydrogens is 226 g/mol. The number of nitrogen functional groups attached to an aromatic ring is 2. The second-order valence-electron chi connectivity index (χ2n) is 3.83. The number of hydrogen-bond acceptors (Lipinski definition) is 5. The molecule has 2 aromatic rings. The summed E-state index contributed by atoms with van der Waals surface area (Å²) >= 11 is 0. The number of nitriles is 1. The third-order valence-electron chi connectivity index (χ3n) is 2.51. The van der Waals surface area contributed by atoms with E-state index in [1.165, 1.54) is 0 Å². The van der Waals surface area contributed by atoms with Gasteiger partial charge in [-0.15, -0.1) is 0 Å². The van der Waals surface area contributed by atoms with Gasteiger partial charge in [0.05, 0.1) is 17.3 Å². The van der Waals surface area contributed by atoms with Crippen LogP contribution in [0.15, 0.2) is 36.4 Å². The lowest BCUT2D eigenvalue weighted by Crippen LogP contribution is -2.04. The Labute approximate surface area is 105 Å². The van der Waals surface area contributed by atoms with E-state index >= 15 is 0 Å². The van der Waals surface area contributed by atoms with Crippen LogP contribution < -0.4 is 16.8 Å². The number of hydrogen-bond donors (Lipinski definition) is 3. The topological polar surface area (TPSA) is 101 Å². The second-order valence-corrected chi connectivity index (χ2v) is 3.83. The van der Waals surface area contributed by atoms with Gasteiger partial charge in [0.2, 0.25) is 0 Å². The summed E-state index contributed by atoms with van der Waals surface area (Å²) in [5, 5.41) is 11.8. The zero-order valence-corrected chi connectivity index (χ0v) is 9.72. The molecule has 0 aliphatic rings. The standard InChI is InChI=1S/C13H13N5/c14-7-9-1-3-10(4-2-9)8-17-12-6-5-11(15)13(16)18-12/h1-6H,8,15H2,(H3,16,17,18). The van der Waals surface area contributed by atoms with Crippen molar-refractivity contribution in [2.75, 3.05) is 16.8 Å². The lowest BCUT2D eigenvalue weighted by atomic mass is 10.1. The van der Waals surface area contributed by atoms with Crippen LogP contribution in [0.5, 0.6) is 0 Å². The summed E-state index contributed by atoms with van der Waals surface area (Å²) in [5.41, 5.74) is 13.4. The minimum absolute atomic E-state index is 0.319. The van der Waals surface area contributed by atoms with E-state index in [9.17, 15) is 0 Å². The summed E-state index contributed by atoms with van der Waals surface area (Å²) < 4.78 is 0. The van der Waals surface area contributed by atoms with E-state index < -0.39 is 0 Å². The van der Waals surface area contributed by atoms with Crippen LogP contribution in [0.2, 0.25) is 0 Å². The Bertz CT molecular complexity index is 583. The van der Waals surface area contributed by atoms with E-state index in [-0.39, 0.29) is 0 Å². The van der Waals surface area contributed by atoms with Crippen LogP contribution in [0.25, 0.3) is 0 Å². The maximum absolute atomic E-state index is 8.69. The minimum atomic E-state index is 0.319. The molecule has 1 aromatic carbocycles. The maximum Gasteiger partial charge on any atom is 0.149 e. The molecule has 5 N–H and O–H groups in total. The fraction of sp³-hybridized carbons (Fsp3) is 0.0769. The molecule has 0 aliphatic carbocycles. The summed E-state index contributed by atoms with van der Waals surface area (Å²) in [6.07, 6.45) is 0. The summed E-state index contributed by atoms with van der Waals surface area (Å²) in [4.78, 5) is 4.11. The average molecular weight is 239 g/mol. The predicted molar refractivity (Wildman–Crippen MR) is 71.5 cm³/mol. The molecule has 0 amide bonds. The van der Waals surface area contributed by atoms with E-state index in [2.05, 4.69) is 16.4 Å². The fourth-order valence-corrected chi connectivity index (χ4v) is 1.47. The number of pyridine rings is 1. The number of nitrogens with zero attached hydrogens (tertiary/aromatic N) is 2. The summed E-state index contributed by atoms with van der Waals surface area (Å²) in [5.74, 6) is 0.992. The van der Waals surface area contributed by atoms with Crippen molar-refractivity contribution in [3.05, 3.63) is 47.5 Å². The number of anilines is 3. The molecule has 0 aliphatic heterocycles. The van der Waals surface area contributed by atoms with Crippen molar-refractivity contribution in [3.63, 3.8) is 0 Å². The zero-order chi connectivity index (χ0) is 13.0. The minimum Gasteiger partial charge on any atom is -0.396 e. The summed E-state index contributed by atoms with van der Waals surface area (Å²) in [6.45, 7) is 0.613. The van der Waals surface area contributed by atoms with Gasteiger partial charge in [-0.05, 0) is 29.8 Å². The van der Waals surface area contributed by atoms with E-state index in [1.54, 1.807) is 24.3 Å². The van der Waals surface area contributed by atoms with Crippen molar-refractivity contribution in [2.45, 2.75) is 6.54 Å². The molecule has 5 heteroatoms. The van der Waals surface area contributed by atoms with Crippen LogP contribution in [0.4, 0.5) is 17.3 Å². The number of aromatic nitrogens is 1. The first kappa shape index (κ1) is 11.7. The monoisotopic (exact) mass is 239 g/mol. The lowest BCUT2D eigenvalue weighted by molar-refractivity contribution is 1.11. The smallest absolute Gasteiger partial charge is 0.149 e. The number of benzene rings is 1. The highest BCUT2D eigenvalue weighted by Crippen LogP contribution is 2.15. The largest absolute Gasteiger partial charge is 0.396 e. The van der Waals surface area contributed by atoms with Crippen molar-refractivity contribution in [1.82, 2.24) is 4.98 Å². The highest BCUT2D eigenvalue weighted by atomic mass is 15.0. The Kier molecular flexibility index (Phi) is 3.30. The Morgan fingerprint density at radius 1 is 1.11 bits per heavy atom. The molecule has 0 radical (unpaired) electrons. The fourth-order valence-electron chi connectivity index (χ4n) is 1.47. The third kappa shape index (κ3) is 2.68. The quantitative estimate of drug-likeness (QED) is 0.757. The molecule has 18 heavy (non-hydrogen) atoms. The van der Waals surface area contributed by atoms with E-state index in [0.717, 1.165) is 5.56 Å². The van der Waals surface area contributed by atoms with Gasteiger partial charge in [0.15, 0.2) is 0 Å². The molecule has 0 spiro atoms. The SMILES string of the molecule is N#Cc1ccc(CNc2ccc(N)c(N)n2)cc1. The molecule has 1 aromatic heterocycles. The van der Waals surface area contributed by atoms with Crippen molar-refractivity contribution in [3.8, 4) is 6.07 Å². The van der Waals surface area contributed by atoms with Gasteiger partial charge in [-0.3, -0.25) is 0 Å². The zero-order valence-electron chi connectivity index (χ0n) is 9.72. The molecule has 0 bridgehead atoms. The highest BCUT2D eigenvalue weighted by Gasteiger charge is 1.99. The molecule has 0 atom stereocenters. The van der Waals surface area contributed by atoms with Gasteiger partial charge in [0.25, 0.3) is 0 Å². The molecule has 5 nitrogen and oxygen atoms in total. The van der Waals surface area contributed by atoms with E-state index in [1.807, 2.05) is 12.1 Å². The number of rotatable bonds is 3. The van der Waals surface area contributed by atoms with Crippen LogP contribution in [0.3, 0.4) is 0 Å². The van der Waals surface area contributed by atoms with Crippen LogP contribution in [-0.2, 0) is 6.54 Å². The van der Waals surface area contributed by atoms with Crippen molar-refractivity contribution in [2.24, 2.45) is 0 Å². The first-order chi connectivity index (χ1) is 8.69. The van der Waals surface area contributed by atoms with Gasteiger partial charge in [-0.1, -0.05) is 12.1 Å². The van der Waals surface area contributed by atoms with Gasteiger partial charge >= 0.3 is 0 Å². The molecule has 1 heterocycles. The second kappa shape index (κ2) is 5.06. The van der Waals surface area contributed by atoms with Gasteiger partial charge in [0.1, 0.15) is 11.6 Å². The van der Waals surface area contributed by atoms with Crippen molar-refractivity contribution in [1.29, 1.82) is 5.26 Å². The van der Waals surface area contributed by atoms with E-state index in [4.69, 9.17) is 16.7 Å². The average Bonchev–Trinajstić information content (AvgIpc) is 2.41. The first-order valence-electron chi connectivity index (χ1n) is 5.44. The van der Waals surface area contributed by atoms with Gasteiger partial charge in [-0.25, -0.2) is 4.98 Å². The Balaban J connectivity index is 2.02. The highest BCUT2D eigenvalue weighted by molar-refractivity contribution is 5.61. The number of nitrogens with two attached hydrogens (primary N) is 2. The normalized spacial score (nSPS) is 9.72. The molecule has 0 saturated carbocycles. The van der Waals surface area contributed by atoms with E-state index in [0.29, 0.717) is 29.4 Å². The Morgan fingerprint density at radius 2 is 1.83 bits per heavy atom. The molecule has 0 unspecified atom stereocenters. The molecule has 2 rings (SSSR count). The van der Waals surface area contributed by atoms with Gasteiger partial charge in [0, 0.05) is 6.54 Å². The first-order valence-corrected chi connectivity index (χ1v) is 5.44. The summed E-state index contributed by atoms with van der Waals surface area (Å²) in [7, 11) is 0. The van der Waals surface area contributed by atoms with Crippen LogP contribution >= 0.6 is 0 Å². The molecular formula is C13H13N5. The van der Waals surface area contributed by atoms with Crippen LogP contribution in [0, 0.1) is 11.3 Å². The summed E-state index contributed by atoms with van der Waals surface area (Å²) in [6, 6.07) is 12.9. The predicted octanol–water partition coefficient (Wildman–Crippen LogP) is 1.73. The number of nitrogens with one attached hydrogen (secondary N) is 1. The van der Waals surface area contributed by atoms with Crippen molar-refractivity contribution < 1.29 is 0 Å². The van der Waals surface area contributed by atoms with Gasteiger partial charge < -0.3 is 16.8 Å². The third-order valence-corrected chi connectivity index (χ3v) is 2.51. The van der Waals surface area contributed by atoms with Crippen LogP contribution in [-0.4, -0.2) is 4.98 Å².